The maximum absolute atomic E-state index is 12.6. The fraction of sp³-hybridized carbons (Fsp3) is 0.524. The van der Waals surface area contributed by atoms with Gasteiger partial charge in [0.2, 0.25) is 5.95 Å². The lowest BCUT2D eigenvalue weighted by Crippen LogP contribution is -2.66. The third-order valence-corrected chi connectivity index (χ3v) is 5.60. The van der Waals surface area contributed by atoms with Crippen LogP contribution in [0.2, 0.25) is 0 Å². The number of likely N-dealkylation sites (tertiary alicyclic amines) is 1. The highest BCUT2D eigenvalue weighted by atomic mass is 19.4. The van der Waals surface area contributed by atoms with E-state index in [0.29, 0.717) is 30.6 Å². The second-order valence-electron chi connectivity index (χ2n) is 8.21. The van der Waals surface area contributed by atoms with Crippen LogP contribution in [-0.2, 0) is 9.53 Å². The summed E-state index contributed by atoms with van der Waals surface area (Å²) in [6.45, 7) is 6.59. The van der Waals surface area contributed by atoms with Crippen molar-refractivity contribution in [3.8, 4) is 0 Å². The van der Waals surface area contributed by atoms with E-state index in [2.05, 4.69) is 25.3 Å². The third kappa shape index (κ3) is 6.16. The minimum atomic E-state index is -5.08. The average Bonchev–Trinajstić information content (AvgIpc) is 3.18. The molecule has 0 aliphatic carbocycles. The molecular weight excluding hydrogens is 457 g/mol. The van der Waals surface area contributed by atoms with Gasteiger partial charge in [-0.1, -0.05) is 0 Å². The van der Waals surface area contributed by atoms with E-state index in [1.54, 1.807) is 29.7 Å². The lowest BCUT2D eigenvalue weighted by Gasteiger charge is -2.50. The van der Waals surface area contributed by atoms with E-state index in [9.17, 15) is 18.0 Å². The number of carboxylic acid groups (broad SMARTS) is 1. The predicted octanol–water partition coefficient (Wildman–Crippen LogP) is 2.25. The maximum atomic E-state index is 12.6. The van der Waals surface area contributed by atoms with Gasteiger partial charge in [0.25, 0.3) is 5.91 Å². The van der Waals surface area contributed by atoms with Crippen LogP contribution >= 0.6 is 0 Å². The molecule has 4 heterocycles. The Morgan fingerprint density at radius 2 is 1.79 bits per heavy atom. The molecule has 2 aromatic heterocycles. The van der Waals surface area contributed by atoms with Crippen LogP contribution in [0, 0.1) is 19.8 Å². The van der Waals surface area contributed by atoms with Crippen molar-refractivity contribution >= 4 is 17.8 Å². The summed E-state index contributed by atoms with van der Waals surface area (Å²) >= 11 is 0. The lowest BCUT2D eigenvalue weighted by atomic mass is 9.79. The molecule has 2 fully saturated rings. The molecule has 10 nitrogen and oxygen atoms in total. The van der Waals surface area contributed by atoms with Gasteiger partial charge >= 0.3 is 12.1 Å². The van der Waals surface area contributed by atoms with E-state index >= 15 is 0 Å². The molecule has 0 bridgehead atoms. The molecule has 13 heteroatoms. The Morgan fingerprint density at radius 3 is 2.35 bits per heavy atom. The number of aryl methyl sites for hydroxylation is 2. The quantitative estimate of drug-likeness (QED) is 0.659. The zero-order valence-corrected chi connectivity index (χ0v) is 18.7. The standard InChI is InChI=1S/C19H24N6O2.C2HF3O2/c1-13-7-23-18(24-8-13)20-5-3-15-4-6-27-19(15)11-25(12-19)17(26)16-10-21-14(2)9-22-16;3-2(4,5)1(6)7/h7-10,15H,3-6,11-12H2,1-2H3,(H,20,23,24);(H,6,7). The molecule has 0 aromatic carbocycles. The highest BCUT2D eigenvalue weighted by Gasteiger charge is 2.54. The van der Waals surface area contributed by atoms with Crippen LogP contribution in [0.1, 0.15) is 34.6 Å². The average molecular weight is 482 g/mol. The summed E-state index contributed by atoms with van der Waals surface area (Å²) in [5, 5.41) is 10.4. The first-order valence-electron chi connectivity index (χ1n) is 10.5. The summed E-state index contributed by atoms with van der Waals surface area (Å²) in [5.74, 6) is -1.76. The van der Waals surface area contributed by atoms with Crippen molar-refractivity contribution in [3.05, 3.63) is 41.7 Å². The first kappa shape index (κ1) is 25.3. The molecule has 2 aliphatic heterocycles. The number of nitrogens with one attached hydrogen (secondary N) is 1. The zero-order chi connectivity index (χ0) is 24.9. The second-order valence-corrected chi connectivity index (χ2v) is 8.21. The highest BCUT2D eigenvalue weighted by molar-refractivity contribution is 5.92. The zero-order valence-electron chi connectivity index (χ0n) is 18.7. The van der Waals surface area contributed by atoms with Crippen molar-refractivity contribution in [2.24, 2.45) is 5.92 Å². The Hall–Kier alpha value is -3.35. The normalized spacial score (nSPS) is 18.6. The number of aromatic nitrogens is 4. The van der Waals surface area contributed by atoms with Crippen LogP contribution in [-0.4, -0.2) is 79.8 Å². The number of halogens is 3. The summed E-state index contributed by atoms with van der Waals surface area (Å²) < 4.78 is 37.8. The van der Waals surface area contributed by atoms with E-state index in [4.69, 9.17) is 14.6 Å². The third-order valence-electron chi connectivity index (χ3n) is 5.60. The summed E-state index contributed by atoms with van der Waals surface area (Å²) in [5.41, 5.74) is 2.02. The molecule has 1 amide bonds. The Labute approximate surface area is 193 Å². The van der Waals surface area contributed by atoms with Crippen LogP contribution < -0.4 is 5.32 Å². The number of rotatable bonds is 5. The molecule has 184 valence electrons. The fourth-order valence-corrected chi connectivity index (χ4v) is 3.79. The molecule has 34 heavy (non-hydrogen) atoms. The first-order chi connectivity index (χ1) is 16.0. The van der Waals surface area contributed by atoms with Gasteiger partial charge in [0.05, 0.1) is 25.0 Å². The number of hydrogen-bond donors (Lipinski definition) is 2. The van der Waals surface area contributed by atoms with E-state index in [1.165, 1.54) is 0 Å². The molecule has 2 aromatic rings. The minimum Gasteiger partial charge on any atom is -0.475 e. The van der Waals surface area contributed by atoms with Crippen LogP contribution in [0.4, 0.5) is 19.1 Å². The Kier molecular flexibility index (Phi) is 7.64. The molecule has 2 N–H and O–H groups in total. The Balaban J connectivity index is 0.000000406. The number of carbonyl (C=O) groups excluding carboxylic acids is 1. The number of alkyl halides is 3. The molecular formula is C21H25F3N6O4. The molecule has 2 saturated heterocycles. The van der Waals surface area contributed by atoms with Crippen LogP contribution in [0.25, 0.3) is 0 Å². The Bertz CT molecular complexity index is 995. The molecule has 1 atom stereocenters. The van der Waals surface area contributed by atoms with E-state index in [-0.39, 0.29) is 11.5 Å². The van der Waals surface area contributed by atoms with E-state index in [0.717, 1.165) is 37.3 Å². The largest absolute Gasteiger partial charge is 0.490 e. The summed E-state index contributed by atoms with van der Waals surface area (Å²) in [4.78, 5) is 40.1. The van der Waals surface area contributed by atoms with Crippen molar-refractivity contribution in [1.82, 2.24) is 24.8 Å². The van der Waals surface area contributed by atoms with Gasteiger partial charge in [0.1, 0.15) is 11.3 Å². The van der Waals surface area contributed by atoms with Gasteiger partial charge in [-0.2, -0.15) is 13.2 Å². The van der Waals surface area contributed by atoms with Gasteiger partial charge in [-0.25, -0.2) is 19.7 Å². The topological polar surface area (TPSA) is 130 Å². The molecule has 1 unspecified atom stereocenters. The SMILES string of the molecule is Cc1cnc(NCCC2CCOC23CN(C(=O)c2cnc(C)cn2)C3)nc1.O=C(O)C(F)(F)F. The van der Waals surface area contributed by atoms with Gasteiger partial charge in [-0.05, 0) is 38.2 Å². The number of nitrogens with zero attached hydrogens (tertiary/aromatic N) is 5. The van der Waals surface area contributed by atoms with Crippen molar-refractivity contribution < 1.29 is 32.6 Å². The highest BCUT2D eigenvalue weighted by Crippen LogP contribution is 2.42. The van der Waals surface area contributed by atoms with Crippen LogP contribution in [0.3, 0.4) is 0 Å². The molecule has 1 spiro atoms. The molecule has 0 saturated carbocycles. The van der Waals surface area contributed by atoms with Crippen LogP contribution in [0.15, 0.2) is 24.8 Å². The Morgan fingerprint density at radius 1 is 1.15 bits per heavy atom. The minimum absolute atomic E-state index is 0.0754. The van der Waals surface area contributed by atoms with Crippen molar-refractivity contribution in [2.75, 3.05) is 31.6 Å². The number of ether oxygens (including phenoxy) is 1. The monoisotopic (exact) mass is 482 g/mol. The van der Waals surface area contributed by atoms with E-state index < -0.39 is 12.1 Å². The predicted molar refractivity (Wildman–Crippen MR) is 113 cm³/mol. The lowest BCUT2D eigenvalue weighted by molar-refractivity contribution is -0.192. The number of anilines is 1. The number of amides is 1. The van der Waals surface area contributed by atoms with E-state index in [1.807, 2.05) is 13.8 Å². The first-order valence-corrected chi connectivity index (χ1v) is 10.5. The summed E-state index contributed by atoms with van der Waals surface area (Å²) in [7, 11) is 0. The van der Waals surface area contributed by atoms with Gasteiger partial charge < -0.3 is 20.1 Å². The number of hydrogen-bond acceptors (Lipinski definition) is 8. The maximum Gasteiger partial charge on any atom is 0.490 e. The van der Waals surface area contributed by atoms with Crippen molar-refractivity contribution in [2.45, 2.75) is 38.5 Å². The van der Waals surface area contributed by atoms with Crippen molar-refractivity contribution in [1.29, 1.82) is 0 Å². The number of carboxylic acids is 1. The van der Waals surface area contributed by atoms with Gasteiger partial charge in [-0.3, -0.25) is 9.78 Å². The number of carbonyl (C=O) groups is 2. The molecule has 0 radical (unpaired) electrons. The molecule has 4 rings (SSSR count). The van der Waals surface area contributed by atoms with Gasteiger partial charge in [0, 0.05) is 31.7 Å². The summed E-state index contributed by atoms with van der Waals surface area (Å²) in [6.07, 6.45) is 3.67. The van der Waals surface area contributed by atoms with Gasteiger partial charge in [-0.15, -0.1) is 0 Å². The smallest absolute Gasteiger partial charge is 0.475 e. The van der Waals surface area contributed by atoms with Gasteiger partial charge in [0.15, 0.2) is 0 Å². The second kappa shape index (κ2) is 10.3. The molecule has 2 aliphatic rings. The fourth-order valence-electron chi connectivity index (χ4n) is 3.79. The summed E-state index contributed by atoms with van der Waals surface area (Å²) in [6, 6.07) is 0. The number of aliphatic carboxylic acids is 1. The van der Waals surface area contributed by atoms with Crippen molar-refractivity contribution in [3.63, 3.8) is 0 Å². The van der Waals surface area contributed by atoms with Crippen LogP contribution in [0.5, 0.6) is 0 Å².